The van der Waals surface area contributed by atoms with Crippen molar-refractivity contribution in [2.75, 3.05) is 11.9 Å². The first-order valence-electron chi connectivity index (χ1n) is 39.1. The smallest absolute Gasteiger partial charge is 0.246 e. The molecule has 6 aromatic rings. The molecule has 6 heterocycles. The maximum atomic E-state index is 16.4. The van der Waals surface area contributed by atoms with Crippen molar-refractivity contribution >= 4 is 81.7 Å². The van der Waals surface area contributed by atoms with E-state index in [4.69, 9.17) is 47.9 Å². The van der Waals surface area contributed by atoms with Gasteiger partial charge in [-0.05, 0) is 199 Å². The van der Waals surface area contributed by atoms with Gasteiger partial charge in [0, 0.05) is 48.4 Å². The van der Waals surface area contributed by atoms with Crippen molar-refractivity contribution in [2.24, 2.45) is 53.1 Å². The number of aryl methyl sites for hydroxylation is 1. The molecule has 14 atom stereocenters. The third-order valence-electron chi connectivity index (χ3n) is 23.7. The molecule has 29 heteroatoms. The molecule has 10 aliphatic rings. The molecule has 6 aliphatic heterocycles. The highest BCUT2D eigenvalue weighted by Gasteiger charge is 2.51. The number of unbranched alkanes of at least 4 members (excludes halogenated alkanes) is 1. The minimum absolute atomic E-state index is 0.000540. The van der Waals surface area contributed by atoms with Gasteiger partial charge in [0.25, 0.3) is 0 Å². The van der Waals surface area contributed by atoms with Gasteiger partial charge in [-0.3, -0.25) is 43.2 Å². The van der Waals surface area contributed by atoms with Crippen LogP contribution in [0.25, 0.3) is 11.1 Å². The van der Waals surface area contributed by atoms with Crippen molar-refractivity contribution in [3.05, 3.63) is 152 Å². The molecule has 0 aromatic heterocycles. The molecule has 0 unspecified atom stereocenters. The summed E-state index contributed by atoms with van der Waals surface area (Å²) in [5.41, 5.74) is 6.35. The molecular weight excluding hydrogens is 1510 g/mol. The Kier molecular flexibility index (Phi) is 25.2. The zero-order valence-corrected chi connectivity index (χ0v) is 64.9. The van der Waals surface area contributed by atoms with Gasteiger partial charge >= 0.3 is 0 Å². The lowest BCUT2D eigenvalue weighted by molar-refractivity contribution is -0.277. The summed E-state index contributed by atoms with van der Waals surface area (Å²) in [4.78, 5) is 137. The Labute approximate surface area is 668 Å². The van der Waals surface area contributed by atoms with Crippen LogP contribution in [0.3, 0.4) is 0 Å². The normalized spacial score (nSPS) is 28.2. The molecule has 15 N–H and O–H groups in total. The van der Waals surface area contributed by atoms with Crippen molar-refractivity contribution in [1.29, 1.82) is 0 Å². The Morgan fingerprint density at radius 2 is 1.29 bits per heavy atom. The minimum Gasteiger partial charge on any atom is -0.507 e. The predicted octanol–water partition coefficient (Wildman–Crippen LogP) is 9.05. The topological polar surface area (TPSA) is 439 Å². The second-order valence-electron chi connectivity index (χ2n) is 32.1. The first-order chi connectivity index (χ1) is 54.4. The van der Waals surface area contributed by atoms with Crippen LogP contribution in [-0.2, 0) is 60.7 Å². The Hall–Kier alpha value is -9.55. The quantitative estimate of drug-likeness (QED) is 0.0359. The number of fused-ring (bicyclic) bond motifs is 15. The Bertz CT molecular complexity index is 4680. The summed E-state index contributed by atoms with van der Waals surface area (Å²) in [6.07, 6.45) is -8.84. The van der Waals surface area contributed by atoms with Gasteiger partial charge in [-0.25, -0.2) is 0 Å². The van der Waals surface area contributed by atoms with Gasteiger partial charge in [-0.15, -0.1) is 0 Å². The number of nitrogens with one attached hydrogen (secondary N) is 5. The lowest BCUT2D eigenvalue weighted by Gasteiger charge is -2.54. The van der Waals surface area contributed by atoms with Gasteiger partial charge in [0.15, 0.2) is 28.8 Å². The zero-order valence-electron chi connectivity index (χ0n) is 63.4. The third-order valence-corrected chi connectivity index (χ3v) is 24.3. The first-order valence-corrected chi connectivity index (χ1v) is 39.8. The first kappa shape index (κ1) is 82.4. The van der Waals surface area contributed by atoms with Gasteiger partial charge in [-0.2, -0.15) is 0 Å². The SMILES string of the molecule is CCCCc1ccc(NC(=O)Cc2cc(O)c3c(c2)[C@@H](C(=O)CC2C4CC5CC(C4)CC2C5)NC(=O)[C@H]2NC(=O)[C@H](CC(=O)[C@@H]4NC(=O)[C@H](CC(N)=O)CC(=O)[C@H](NC(=O)[C@H](CC)CC(C)C)[C@H](O)c5ccc(c(Cl)c5)Oc5cc4cc(c5O[C@@H]4O[C@H](CO)[C@@H](O)[C@H](O)[C@H]4O)Oc4ccc(cc4Cl)[C@H]2O)c2ccc(O)c-3c2)cc1. The number of rotatable bonds is 19. The number of aliphatic hydroxyl groups is 6. The number of amides is 6. The standard InChI is InChI=1S/C85H96Cl2N6O21/c1-5-7-8-39-9-14-51(15-10-39)89-69(101)27-42-25-55-70(59(96)26-42)54-28-44(11-16-58(54)95)53-36-61(98)71-49-32-65(111-63-17-12-45(29-56(63)86)75(102)73(92-81(107)43(6-2)19-38(3)4)60(97)31-50(34-68(88)100)82(108)90-71)80(114-85-79(106)78(105)77(104)67(37-94)113-85)66(33-49)112-64-18-13-46(30-57(64)87)76(103)74(93-83(53)109)84(110)91-72(55)62(99)35-52-47-21-40-20-41(23-47)24-48(52)22-40/h9-18,25-26,28-30,32-33,38,40-41,43,47-48,50,52-53,67,71-79,85,94-96,102-106H,5-8,19-24,27,31,34-37H2,1-4H3,(H2,88,100)(H,89,101)(H,90,108)(H,91,110)(H,92,107)(H,93,109)/t40?,41?,43-,47?,48?,50+,52?,53-,67-,71-,72+,73+,74+,75-,76-,77-,78+,79-,85+/m1/s1. The number of benzene rings is 6. The fourth-order valence-electron chi connectivity index (χ4n) is 18.0. The van der Waals surface area contributed by atoms with E-state index in [1.54, 1.807) is 19.1 Å². The number of anilines is 1. The summed E-state index contributed by atoms with van der Waals surface area (Å²) in [7, 11) is 0. The van der Waals surface area contributed by atoms with Crippen LogP contribution in [0.1, 0.15) is 180 Å². The van der Waals surface area contributed by atoms with Crippen molar-refractivity contribution < 1.29 is 103 Å². The number of hydrogen-bond acceptors (Lipinski definition) is 21. The third kappa shape index (κ3) is 17.8. The largest absolute Gasteiger partial charge is 0.507 e. The average Bonchev–Trinajstić information content (AvgIpc) is 0.760. The lowest BCUT2D eigenvalue weighted by Crippen LogP contribution is -2.60. The molecule has 27 nitrogen and oxygen atoms in total. The maximum absolute atomic E-state index is 16.4. The Balaban J connectivity index is 0.995. The van der Waals surface area contributed by atoms with E-state index in [-0.39, 0.29) is 96.1 Å². The summed E-state index contributed by atoms with van der Waals surface area (Å²) >= 11 is 14.3. The van der Waals surface area contributed by atoms with Gasteiger partial charge in [0.1, 0.15) is 83.8 Å². The molecule has 606 valence electrons. The highest BCUT2D eigenvalue weighted by molar-refractivity contribution is 6.32. The van der Waals surface area contributed by atoms with E-state index in [0.717, 1.165) is 69.1 Å². The number of Topliss-reactive ketones (excluding diaryl/α,β-unsaturated/α-hetero) is 3. The van der Waals surface area contributed by atoms with E-state index in [1.807, 2.05) is 26.0 Å². The fourth-order valence-corrected chi connectivity index (χ4v) is 18.4. The van der Waals surface area contributed by atoms with E-state index < -0.39 is 199 Å². The van der Waals surface area contributed by atoms with E-state index >= 15 is 28.8 Å². The highest BCUT2D eigenvalue weighted by Crippen LogP contribution is 2.58. The summed E-state index contributed by atoms with van der Waals surface area (Å²) in [6, 6.07) is 15.6. The molecule has 1 saturated heterocycles. The van der Waals surface area contributed by atoms with Crippen LogP contribution >= 0.6 is 23.2 Å². The molecule has 6 amide bonds. The number of ketones is 3. The monoisotopic (exact) mass is 1610 g/mol. The van der Waals surface area contributed by atoms with Crippen LogP contribution in [-0.4, -0.2) is 143 Å². The van der Waals surface area contributed by atoms with Crippen molar-refractivity contribution in [2.45, 2.75) is 197 Å². The average molecular weight is 1610 g/mol. The summed E-state index contributed by atoms with van der Waals surface area (Å²) in [5.74, 6) is -15.0. The van der Waals surface area contributed by atoms with Crippen molar-refractivity contribution in [1.82, 2.24) is 21.3 Å². The fraction of sp³-hybridized carbons (Fsp3) is 0.471. The molecule has 4 aliphatic carbocycles. The predicted molar refractivity (Wildman–Crippen MR) is 415 cm³/mol. The second-order valence-corrected chi connectivity index (χ2v) is 32.9. The molecule has 114 heavy (non-hydrogen) atoms. The number of aliphatic hydroxyl groups excluding tert-OH is 6. The van der Waals surface area contributed by atoms with Crippen LogP contribution in [0.2, 0.25) is 10.0 Å². The number of phenols is 2. The summed E-state index contributed by atoms with van der Waals surface area (Å²) in [5, 5.41) is 108. The number of carbonyl (C=O) groups excluding carboxylic acids is 9. The van der Waals surface area contributed by atoms with Crippen molar-refractivity contribution in [3.63, 3.8) is 0 Å². The van der Waals surface area contributed by atoms with Crippen LogP contribution in [0.5, 0.6) is 40.2 Å². The van der Waals surface area contributed by atoms with Crippen LogP contribution in [0.15, 0.2) is 103 Å². The van der Waals surface area contributed by atoms with E-state index in [0.29, 0.717) is 30.4 Å². The lowest BCUT2D eigenvalue weighted by atomic mass is 9.51. The number of carbonyl (C=O) groups is 9. The van der Waals surface area contributed by atoms with Crippen molar-refractivity contribution in [3.8, 4) is 51.4 Å². The van der Waals surface area contributed by atoms with Crippen LogP contribution in [0, 0.1) is 47.3 Å². The molecule has 0 radical (unpaired) electrons. The number of aromatic hydroxyl groups is 2. The minimum atomic E-state index is -2.14. The number of halogens is 2. The van der Waals surface area contributed by atoms with E-state index in [9.17, 15) is 55.2 Å². The van der Waals surface area contributed by atoms with Gasteiger partial charge in [0.2, 0.25) is 47.5 Å². The van der Waals surface area contributed by atoms with Crippen LogP contribution in [0.4, 0.5) is 5.69 Å². The molecule has 0 spiro atoms. The number of phenolic OH excluding ortho intramolecular Hbond substituents is 2. The molecule has 5 fully saturated rings. The molecule has 15 bridgehead atoms. The van der Waals surface area contributed by atoms with Gasteiger partial charge in [0.05, 0.1) is 34.9 Å². The van der Waals surface area contributed by atoms with Gasteiger partial charge in [-0.1, -0.05) is 93.7 Å². The number of primary amides is 1. The zero-order chi connectivity index (χ0) is 81.4. The summed E-state index contributed by atoms with van der Waals surface area (Å²) < 4.78 is 25.5. The van der Waals surface area contributed by atoms with E-state index in [1.165, 1.54) is 66.7 Å². The van der Waals surface area contributed by atoms with Gasteiger partial charge < -0.3 is 92.1 Å². The number of ether oxygens (including phenoxy) is 4. The van der Waals surface area contributed by atoms with E-state index in [2.05, 4.69) is 33.5 Å². The molecule has 6 aromatic carbocycles. The van der Waals surface area contributed by atoms with Crippen LogP contribution < -0.4 is 46.5 Å². The maximum Gasteiger partial charge on any atom is 0.246 e. The second kappa shape index (κ2) is 34.9. The molecular formula is C85H96Cl2N6O21. The number of hydrogen-bond donors (Lipinski definition) is 14. The highest BCUT2D eigenvalue weighted by atomic mass is 35.5. The number of nitrogens with two attached hydrogens (primary N) is 1. The Morgan fingerprint density at radius 3 is 1.89 bits per heavy atom. The molecule has 4 saturated carbocycles. The summed E-state index contributed by atoms with van der Waals surface area (Å²) in [6.45, 7) is 6.71. The Morgan fingerprint density at radius 1 is 0.649 bits per heavy atom. The molecule has 16 rings (SSSR count).